The van der Waals surface area contributed by atoms with Gasteiger partial charge in [0, 0.05) is 42.3 Å². The van der Waals surface area contributed by atoms with Crippen molar-refractivity contribution in [2.24, 2.45) is 0 Å². The number of ether oxygens (including phenoxy) is 1. The molecule has 1 amide bonds. The maximum Gasteiger partial charge on any atom is 0.411 e. The van der Waals surface area contributed by atoms with E-state index in [1.807, 2.05) is 48.5 Å². The Labute approximate surface area is 234 Å². The van der Waals surface area contributed by atoms with Crippen LogP contribution in [0.3, 0.4) is 0 Å². The molecule has 0 aliphatic heterocycles. The summed E-state index contributed by atoms with van der Waals surface area (Å²) in [6, 6.07) is 26.3. The highest BCUT2D eigenvalue weighted by Crippen LogP contribution is 2.19. The molecule has 1 aromatic heterocycles. The Morgan fingerprint density at radius 3 is 2.25 bits per heavy atom. The number of aliphatic hydroxyl groups is 1. The van der Waals surface area contributed by atoms with Crippen LogP contribution in [0.4, 0.5) is 16.2 Å². The van der Waals surface area contributed by atoms with Crippen molar-refractivity contribution in [1.82, 2.24) is 10.3 Å². The number of nitrogens with one attached hydrogen (secondary N) is 3. The Balaban J connectivity index is 1.20. The summed E-state index contributed by atoms with van der Waals surface area (Å²) < 4.78 is 33.4. The number of carbonyl (C=O) groups is 1. The summed E-state index contributed by atoms with van der Waals surface area (Å²) in [4.78, 5) is 16.1. The van der Waals surface area contributed by atoms with Gasteiger partial charge in [-0.3, -0.25) is 15.0 Å². The lowest BCUT2D eigenvalue weighted by Crippen LogP contribution is -2.23. The summed E-state index contributed by atoms with van der Waals surface area (Å²) in [5, 5.41) is 16.0. The second-order valence-corrected chi connectivity index (χ2v) is 10.8. The quantitative estimate of drug-likeness (QED) is 0.177. The molecule has 9 nitrogen and oxygen atoms in total. The van der Waals surface area contributed by atoms with E-state index in [0.29, 0.717) is 30.9 Å². The fourth-order valence-electron chi connectivity index (χ4n) is 3.89. The smallest absolute Gasteiger partial charge is 0.411 e. The predicted molar refractivity (Wildman–Crippen MR) is 155 cm³/mol. The fourth-order valence-corrected chi connectivity index (χ4v) is 4.95. The second kappa shape index (κ2) is 14.2. The van der Waals surface area contributed by atoms with E-state index in [9.17, 15) is 18.3 Å². The highest BCUT2D eigenvalue weighted by atomic mass is 32.2. The van der Waals surface area contributed by atoms with Gasteiger partial charge in [0.25, 0.3) is 10.0 Å². The van der Waals surface area contributed by atoms with Crippen molar-refractivity contribution in [3.05, 3.63) is 120 Å². The molecule has 4 N–H and O–H groups in total. The van der Waals surface area contributed by atoms with Crippen molar-refractivity contribution in [2.75, 3.05) is 29.7 Å². The van der Waals surface area contributed by atoms with Gasteiger partial charge in [-0.2, -0.15) is 0 Å². The van der Waals surface area contributed by atoms with E-state index < -0.39 is 22.2 Å². The van der Waals surface area contributed by atoms with Crippen LogP contribution < -0.4 is 15.4 Å². The Bertz CT molecular complexity index is 1450. The minimum atomic E-state index is -3.81. The molecule has 1 atom stereocenters. The second-order valence-electron chi connectivity index (χ2n) is 9.08. The predicted octanol–water partition coefficient (Wildman–Crippen LogP) is 4.54. The lowest BCUT2D eigenvalue weighted by Gasteiger charge is -2.12. The molecular weight excluding hydrogens is 528 g/mol. The van der Waals surface area contributed by atoms with Crippen LogP contribution in [0.15, 0.2) is 108 Å². The molecule has 0 aliphatic rings. The minimum Gasteiger partial charge on any atom is -0.449 e. The molecule has 0 saturated carbocycles. The maximum absolute atomic E-state index is 12.8. The van der Waals surface area contributed by atoms with Crippen LogP contribution in [0.2, 0.25) is 0 Å². The molecule has 4 aromatic rings. The van der Waals surface area contributed by atoms with Crippen LogP contribution in [0.5, 0.6) is 0 Å². The first kappa shape index (κ1) is 28.8. The first-order valence-corrected chi connectivity index (χ1v) is 14.4. The molecule has 208 valence electrons. The molecule has 0 bridgehead atoms. The van der Waals surface area contributed by atoms with Crippen LogP contribution in [0, 0.1) is 0 Å². The van der Waals surface area contributed by atoms with Gasteiger partial charge in [0.05, 0.1) is 17.6 Å². The van der Waals surface area contributed by atoms with E-state index in [-0.39, 0.29) is 11.5 Å². The van der Waals surface area contributed by atoms with Crippen molar-refractivity contribution < 1.29 is 23.1 Å². The summed E-state index contributed by atoms with van der Waals surface area (Å²) in [6.07, 6.45) is 3.39. The van der Waals surface area contributed by atoms with Gasteiger partial charge < -0.3 is 15.2 Å². The first-order valence-electron chi connectivity index (χ1n) is 12.9. The summed E-state index contributed by atoms with van der Waals surface area (Å²) in [5.74, 6) is 0. The Morgan fingerprint density at radius 2 is 1.55 bits per heavy atom. The van der Waals surface area contributed by atoms with E-state index >= 15 is 0 Å². The van der Waals surface area contributed by atoms with Gasteiger partial charge in [-0.15, -0.1) is 0 Å². The number of benzene rings is 3. The summed E-state index contributed by atoms with van der Waals surface area (Å²) in [6.45, 7) is 1.30. The van der Waals surface area contributed by atoms with Crippen molar-refractivity contribution in [3.8, 4) is 0 Å². The SMILES string of the molecule is O=C(Nc1ccc(S(=O)(=O)Nc2ccc(CCNC[C@H](O)c3cccnc3)cc2)cc1)OCCc1ccccc1. The number of rotatable bonds is 13. The number of aliphatic hydroxyl groups excluding tert-OH is 1. The molecule has 0 saturated heterocycles. The van der Waals surface area contributed by atoms with Crippen molar-refractivity contribution >= 4 is 27.5 Å². The minimum absolute atomic E-state index is 0.0657. The van der Waals surface area contributed by atoms with E-state index in [4.69, 9.17) is 4.74 Å². The number of pyridine rings is 1. The van der Waals surface area contributed by atoms with Crippen LogP contribution >= 0.6 is 0 Å². The summed E-state index contributed by atoms with van der Waals surface area (Å²) in [5.41, 5.74) is 3.71. The molecule has 0 spiro atoms. The molecule has 0 fully saturated rings. The zero-order chi connectivity index (χ0) is 28.2. The largest absolute Gasteiger partial charge is 0.449 e. The molecule has 0 unspecified atom stereocenters. The molecule has 0 radical (unpaired) electrons. The van der Waals surface area contributed by atoms with Gasteiger partial charge in [-0.25, -0.2) is 13.2 Å². The molecule has 3 aromatic carbocycles. The standard InChI is InChI=1S/C30H32N4O5S/c35-29(25-7-4-18-31-21-25)22-32-19-16-24-8-10-27(11-9-24)34-40(37,38)28-14-12-26(13-15-28)33-30(36)39-20-17-23-5-2-1-3-6-23/h1-15,18,21,29,32,34-35H,16-17,19-20,22H2,(H,33,36)/t29-/m0/s1. The zero-order valence-electron chi connectivity index (χ0n) is 21.9. The molecule has 4 rings (SSSR count). The van der Waals surface area contributed by atoms with Gasteiger partial charge in [0.2, 0.25) is 0 Å². The van der Waals surface area contributed by atoms with E-state index in [1.165, 1.54) is 24.3 Å². The number of aromatic nitrogens is 1. The van der Waals surface area contributed by atoms with E-state index in [0.717, 1.165) is 23.1 Å². The van der Waals surface area contributed by atoms with Crippen LogP contribution in [-0.2, 0) is 27.6 Å². The molecule has 1 heterocycles. The van der Waals surface area contributed by atoms with Crippen molar-refractivity contribution in [3.63, 3.8) is 0 Å². The number of carbonyl (C=O) groups excluding carboxylic acids is 1. The topological polar surface area (TPSA) is 130 Å². The van der Waals surface area contributed by atoms with Crippen LogP contribution in [-0.4, -0.2) is 44.3 Å². The van der Waals surface area contributed by atoms with E-state index in [1.54, 1.807) is 30.6 Å². The van der Waals surface area contributed by atoms with Gasteiger partial charge in [-0.05, 0) is 66.6 Å². The third-order valence-electron chi connectivity index (χ3n) is 6.08. The average Bonchev–Trinajstić information content (AvgIpc) is 2.97. The number of anilines is 2. The first-order chi connectivity index (χ1) is 19.4. The van der Waals surface area contributed by atoms with Gasteiger partial charge in [-0.1, -0.05) is 48.5 Å². The highest BCUT2D eigenvalue weighted by Gasteiger charge is 2.15. The lowest BCUT2D eigenvalue weighted by molar-refractivity contribution is 0.163. The van der Waals surface area contributed by atoms with Crippen molar-refractivity contribution in [1.29, 1.82) is 0 Å². The molecule has 10 heteroatoms. The van der Waals surface area contributed by atoms with Crippen LogP contribution in [0.25, 0.3) is 0 Å². The normalized spacial score (nSPS) is 11.9. The lowest BCUT2D eigenvalue weighted by atomic mass is 10.1. The fraction of sp³-hybridized carbons (Fsp3) is 0.200. The Hall–Kier alpha value is -4.25. The van der Waals surface area contributed by atoms with E-state index in [2.05, 4.69) is 20.3 Å². The average molecular weight is 561 g/mol. The summed E-state index contributed by atoms with van der Waals surface area (Å²) >= 11 is 0. The molecule has 0 aliphatic carbocycles. The van der Waals surface area contributed by atoms with Crippen LogP contribution in [0.1, 0.15) is 22.8 Å². The Morgan fingerprint density at radius 1 is 0.850 bits per heavy atom. The van der Waals surface area contributed by atoms with Gasteiger partial charge >= 0.3 is 6.09 Å². The summed E-state index contributed by atoms with van der Waals surface area (Å²) in [7, 11) is -3.81. The van der Waals surface area contributed by atoms with Crippen molar-refractivity contribution in [2.45, 2.75) is 23.8 Å². The number of amides is 1. The number of hydrogen-bond acceptors (Lipinski definition) is 7. The highest BCUT2D eigenvalue weighted by molar-refractivity contribution is 7.92. The zero-order valence-corrected chi connectivity index (χ0v) is 22.7. The number of hydrogen-bond donors (Lipinski definition) is 4. The monoisotopic (exact) mass is 560 g/mol. The molecule has 40 heavy (non-hydrogen) atoms. The third kappa shape index (κ3) is 8.91. The van der Waals surface area contributed by atoms with Gasteiger partial charge in [0.1, 0.15) is 0 Å². The maximum atomic E-state index is 12.8. The number of nitrogens with zero attached hydrogens (tertiary/aromatic N) is 1. The molecular formula is C30H32N4O5S. The Kier molecular flexibility index (Phi) is 10.2. The number of sulfonamides is 1. The third-order valence-corrected chi connectivity index (χ3v) is 7.48. The van der Waals surface area contributed by atoms with Gasteiger partial charge in [0.15, 0.2) is 0 Å².